The summed E-state index contributed by atoms with van der Waals surface area (Å²) >= 11 is 0. The molecule has 2 aromatic rings. The summed E-state index contributed by atoms with van der Waals surface area (Å²) in [4.78, 5) is 55.4. The highest BCUT2D eigenvalue weighted by Gasteiger charge is 2.51. The molecule has 1 fully saturated rings. The minimum absolute atomic E-state index is 0.171. The number of hydrogen-bond acceptors (Lipinski definition) is 11. The van der Waals surface area contributed by atoms with Crippen molar-refractivity contribution < 1.29 is 33.3 Å². The van der Waals surface area contributed by atoms with Crippen molar-refractivity contribution in [2.24, 2.45) is 7.05 Å². The van der Waals surface area contributed by atoms with Crippen LogP contribution in [0.4, 0.5) is 5.82 Å². The summed E-state index contributed by atoms with van der Waals surface area (Å²) in [5, 5.41) is 2.90. The van der Waals surface area contributed by atoms with Crippen LogP contribution >= 0.6 is 0 Å². The minimum atomic E-state index is -1.11. The first-order valence-electron chi connectivity index (χ1n) is 9.38. The van der Waals surface area contributed by atoms with Gasteiger partial charge in [-0.3, -0.25) is 23.5 Å². The van der Waals surface area contributed by atoms with E-state index in [1.165, 1.54) is 36.2 Å². The Morgan fingerprint density at radius 1 is 1.13 bits per heavy atom. The molecule has 3 heterocycles. The average Bonchev–Trinajstić information content (AvgIpc) is 3.22. The molecule has 13 heteroatoms. The van der Waals surface area contributed by atoms with Crippen molar-refractivity contribution in [1.82, 2.24) is 19.1 Å². The molecule has 0 aliphatic carbocycles. The monoisotopic (exact) mass is 437 g/mol. The van der Waals surface area contributed by atoms with Crippen LogP contribution in [-0.2, 0) is 40.4 Å². The van der Waals surface area contributed by atoms with Crippen LogP contribution in [0.1, 0.15) is 27.0 Å². The van der Waals surface area contributed by atoms with Gasteiger partial charge < -0.3 is 24.3 Å². The molecule has 168 valence electrons. The third-order valence-electron chi connectivity index (χ3n) is 4.67. The summed E-state index contributed by atoms with van der Waals surface area (Å²) in [5.41, 5.74) is 0.000178. The van der Waals surface area contributed by atoms with E-state index in [1.807, 2.05) is 0 Å². The van der Waals surface area contributed by atoms with E-state index in [0.29, 0.717) is 11.3 Å². The van der Waals surface area contributed by atoms with Crippen LogP contribution in [-0.4, -0.2) is 69.0 Å². The molecule has 2 aromatic heterocycles. The zero-order chi connectivity index (χ0) is 22.9. The molecule has 1 saturated heterocycles. The second-order valence-electron chi connectivity index (χ2n) is 6.89. The molecule has 0 bridgehead atoms. The van der Waals surface area contributed by atoms with Gasteiger partial charge in [0.1, 0.15) is 24.0 Å². The molecular formula is C18H23N5O8. The fraction of sp³-hybridized carbons (Fsp3) is 0.556. The SMILES string of the molecule is CNc1c2ncn([C@@H]3O[C@H](COC(C)=O)[C@@H](OC(C)=O)[C@H]3OC(C)=O)c2nc(=O)n1C. The third-order valence-corrected chi connectivity index (χ3v) is 4.67. The summed E-state index contributed by atoms with van der Waals surface area (Å²) < 4.78 is 24.4. The molecule has 0 unspecified atom stereocenters. The fourth-order valence-electron chi connectivity index (χ4n) is 3.44. The number of anilines is 1. The quantitative estimate of drug-likeness (QED) is 0.459. The first-order chi connectivity index (χ1) is 14.6. The summed E-state index contributed by atoms with van der Waals surface area (Å²) in [5.74, 6) is -1.43. The molecule has 0 spiro atoms. The van der Waals surface area contributed by atoms with Gasteiger partial charge in [-0.1, -0.05) is 0 Å². The topological polar surface area (TPSA) is 153 Å². The molecule has 0 amide bonds. The van der Waals surface area contributed by atoms with Gasteiger partial charge in [-0.25, -0.2) is 9.78 Å². The Hall–Kier alpha value is -3.48. The van der Waals surface area contributed by atoms with Crippen molar-refractivity contribution in [2.45, 2.75) is 45.3 Å². The Morgan fingerprint density at radius 2 is 1.77 bits per heavy atom. The van der Waals surface area contributed by atoms with E-state index in [2.05, 4.69) is 15.3 Å². The van der Waals surface area contributed by atoms with E-state index in [-0.39, 0.29) is 12.3 Å². The first kappa shape index (κ1) is 22.2. The first-order valence-corrected chi connectivity index (χ1v) is 9.38. The highest BCUT2D eigenvalue weighted by molar-refractivity contribution is 5.83. The van der Waals surface area contributed by atoms with E-state index in [0.717, 1.165) is 0 Å². The summed E-state index contributed by atoms with van der Waals surface area (Å²) in [6, 6.07) is 0. The minimum Gasteiger partial charge on any atom is -0.463 e. The number of rotatable bonds is 6. The number of aromatic nitrogens is 4. The van der Waals surface area contributed by atoms with Gasteiger partial charge in [0.25, 0.3) is 0 Å². The van der Waals surface area contributed by atoms with Gasteiger partial charge in [-0.15, -0.1) is 0 Å². The molecule has 1 N–H and O–H groups in total. The van der Waals surface area contributed by atoms with Crippen LogP contribution in [0.2, 0.25) is 0 Å². The lowest BCUT2D eigenvalue weighted by Gasteiger charge is -2.23. The zero-order valence-corrected chi connectivity index (χ0v) is 17.6. The van der Waals surface area contributed by atoms with Crippen LogP contribution in [0.15, 0.2) is 11.1 Å². The number of nitrogens with one attached hydrogen (secondary N) is 1. The largest absolute Gasteiger partial charge is 0.463 e. The van der Waals surface area contributed by atoms with E-state index in [9.17, 15) is 19.2 Å². The second-order valence-corrected chi connectivity index (χ2v) is 6.89. The average molecular weight is 437 g/mol. The number of carbonyl (C=O) groups is 3. The molecule has 1 aliphatic heterocycles. The van der Waals surface area contributed by atoms with Crippen LogP contribution < -0.4 is 11.0 Å². The van der Waals surface area contributed by atoms with Gasteiger partial charge >= 0.3 is 23.6 Å². The maximum Gasteiger partial charge on any atom is 0.350 e. The molecule has 0 radical (unpaired) electrons. The Bertz CT molecular complexity index is 1080. The van der Waals surface area contributed by atoms with Gasteiger partial charge in [0.2, 0.25) is 0 Å². The lowest BCUT2D eigenvalue weighted by atomic mass is 10.1. The van der Waals surface area contributed by atoms with Gasteiger partial charge in [0.15, 0.2) is 24.1 Å². The lowest BCUT2D eigenvalue weighted by Crippen LogP contribution is -2.40. The van der Waals surface area contributed by atoms with Gasteiger partial charge in [-0.2, -0.15) is 4.98 Å². The maximum absolute atomic E-state index is 12.3. The third kappa shape index (κ3) is 4.35. The molecule has 4 atom stereocenters. The van der Waals surface area contributed by atoms with Crippen molar-refractivity contribution >= 4 is 34.9 Å². The molecular weight excluding hydrogens is 414 g/mol. The van der Waals surface area contributed by atoms with Gasteiger partial charge in [0.05, 0.1) is 6.33 Å². The predicted octanol–water partition coefficient (Wildman–Crippen LogP) is -0.504. The van der Waals surface area contributed by atoms with Gasteiger partial charge in [0, 0.05) is 34.9 Å². The zero-order valence-electron chi connectivity index (χ0n) is 17.6. The number of fused-ring (bicyclic) bond motifs is 1. The van der Waals surface area contributed by atoms with Gasteiger partial charge in [-0.05, 0) is 0 Å². The Kier molecular flexibility index (Phi) is 6.24. The lowest BCUT2D eigenvalue weighted by molar-refractivity contribution is -0.166. The van der Waals surface area contributed by atoms with Crippen molar-refractivity contribution in [2.75, 3.05) is 19.0 Å². The number of imidazole rings is 1. The normalized spacial score (nSPS) is 22.9. The van der Waals surface area contributed by atoms with Crippen molar-refractivity contribution in [3.63, 3.8) is 0 Å². The number of esters is 3. The van der Waals surface area contributed by atoms with Crippen molar-refractivity contribution in [1.29, 1.82) is 0 Å². The highest BCUT2D eigenvalue weighted by atomic mass is 16.7. The molecule has 31 heavy (non-hydrogen) atoms. The summed E-state index contributed by atoms with van der Waals surface area (Å²) in [6.45, 7) is 3.36. The Balaban J connectivity index is 2.10. The maximum atomic E-state index is 12.3. The standard InChI is InChI=1S/C18H23N5O8/c1-8(24)28-6-11-13(29-9(2)25)14(30-10(3)26)17(31-11)23-7-20-12-15(19-4)22(5)18(27)21-16(12)23/h7,11,13-14,17,19H,6H2,1-5H3/t11-,13-,14-,17-/m1/s1. The molecule has 1 aliphatic rings. The Morgan fingerprint density at radius 3 is 2.35 bits per heavy atom. The van der Waals surface area contributed by atoms with E-state index in [4.69, 9.17) is 18.9 Å². The number of carbonyl (C=O) groups excluding carboxylic acids is 3. The highest BCUT2D eigenvalue weighted by Crippen LogP contribution is 2.36. The van der Waals surface area contributed by atoms with E-state index >= 15 is 0 Å². The molecule has 13 nitrogen and oxygen atoms in total. The van der Waals surface area contributed by atoms with Crippen LogP contribution in [0, 0.1) is 0 Å². The van der Waals surface area contributed by atoms with Crippen molar-refractivity contribution in [3.8, 4) is 0 Å². The number of hydrogen-bond donors (Lipinski definition) is 1. The smallest absolute Gasteiger partial charge is 0.350 e. The summed E-state index contributed by atoms with van der Waals surface area (Å²) in [7, 11) is 3.17. The predicted molar refractivity (Wildman–Crippen MR) is 104 cm³/mol. The number of ether oxygens (including phenoxy) is 4. The van der Waals surface area contributed by atoms with E-state index in [1.54, 1.807) is 14.1 Å². The fourth-order valence-corrected chi connectivity index (χ4v) is 3.44. The second kappa shape index (κ2) is 8.71. The van der Waals surface area contributed by atoms with Crippen molar-refractivity contribution in [3.05, 3.63) is 16.8 Å². The van der Waals surface area contributed by atoms with Crippen LogP contribution in [0.5, 0.6) is 0 Å². The number of nitrogens with zero attached hydrogens (tertiary/aromatic N) is 4. The van der Waals surface area contributed by atoms with E-state index < -0.39 is 48.1 Å². The molecule has 0 aromatic carbocycles. The summed E-state index contributed by atoms with van der Waals surface area (Å²) in [6.07, 6.45) is -2.79. The molecule has 0 saturated carbocycles. The Labute approximate surface area is 176 Å². The molecule has 3 rings (SSSR count). The van der Waals surface area contributed by atoms with Crippen LogP contribution in [0.25, 0.3) is 11.2 Å². The van der Waals surface area contributed by atoms with Crippen LogP contribution in [0.3, 0.4) is 0 Å².